The molecule has 1 fully saturated rings. The van der Waals surface area contributed by atoms with Crippen LogP contribution in [0, 0.1) is 11.7 Å². The minimum Gasteiger partial charge on any atom is -0.411 e. The van der Waals surface area contributed by atoms with Gasteiger partial charge in [0.05, 0.1) is 0 Å². The lowest BCUT2D eigenvalue weighted by molar-refractivity contribution is 0.330. The van der Waals surface area contributed by atoms with Crippen molar-refractivity contribution >= 4 is 5.57 Å². The van der Waals surface area contributed by atoms with E-state index in [-0.39, 0.29) is 5.82 Å². The van der Waals surface area contributed by atoms with E-state index in [2.05, 4.69) is 11.9 Å². The van der Waals surface area contributed by atoms with Gasteiger partial charge in [0, 0.05) is 11.6 Å². The lowest BCUT2D eigenvalue weighted by Crippen LogP contribution is -2.28. The fraction of sp³-hybridized carbons (Fsp3) is 0.385. The van der Waals surface area contributed by atoms with Crippen LogP contribution in [0.5, 0.6) is 5.75 Å². The molecule has 1 aliphatic heterocycles. The van der Waals surface area contributed by atoms with Gasteiger partial charge in [-0.05, 0) is 49.6 Å². The standard InChI is InChI=1S/C13H17FN2O/c1-9(10-4-6-16-7-5-10)12-3-2-11(14)8-13(12)17-15/h2-3,8,10,16H,1,4-7,15H2. The zero-order valence-corrected chi connectivity index (χ0v) is 9.71. The van der Waals surface area contributed by atoms with E-state index in [0.717, 1.165) is 37.1 Å². The van der Waals surface area contributed by atoms with E-state index in [0.29, 0.717) is 11.7 Å². The molecule has 0 bridgehead atoms. The average molecular weight is 236 g/mol. The molecule has 0 saturated carbocycles. The highest BCUT2D eigenvalue weighted by Gasteiger charge is 2.20. The Morgan fingerprint density at radius 1 is 1.41 bits per heavy atom. The number of allylic oxidation sites excluding steroid dienone is 1. The van der Waals surface area contributed by atoms with Gasteiger partial charge in [-0.3, -0.25) is 0 Å². The summed E-state index contributed by atoms with van der Waals surface area (Å²) in [5.41, 5.74) is 1.78. The van der Waals surface area contributed by atoms with Gasteiger partial charge >= 0.3 is 0 Å². The van der Waals surface area contributed by atoms with Crippen LogP contribution in [0.15, 0.2) is 24.8 Å². The molecule has 1 saturated heterocycles. The van der Waals surface area contributed by atoms with Gasteiger partial charge in [-0.15, -0.1) is 0 Å². The van der Waals surface area contributed by atoms with Crippen LogP contribution in [0.1, 0.15) is 18.4 Å². The van der Waals surface area contributed by atoms with Gasteiger partial charge in [-0.2, -0.15) is 5.90 Å². The Hall–Kier alpha value is -1.39. The minimum absolute atomic E-state index is 0.354. The molecule has 0 amide bonds. The quantitative estimate of drug-likeness (QED) is 0.790. The van der Waals surface area contributed by atoms with Crippen molar-refractivity contribution in [2.45, 2.75) is 12.8 Å². The van der Waals surface area contributed by atoms with E-state index in [1.807, 2.05) is 0 Å². The van der Waals surface area contributed by atoms with Crippen LogP contribution >= 0.6 is 0 Å². The second-order valence-corrected chi connectivity index (χ2v) is 4.31. The maximum absolute atomic E-state index is 13.1. The van der Waals surface area contributed by atoms with Crippen LogP contribution in [-0.2, 0) is 0 Å². The van der Waals surface area contributed by atoms with Crippen molar-refractivity contribution < 1.29 is 9.23 Å². The summed E-state index contributed by atoms with van der Waals surface area (Å²) in [5.74, 6) is 5.58. The largest absolute Gasteiger partial charge is 0.411 e. The fourth-order valence-corrected chi connectivity index (χ4v) is 2.25. The van der Waals surface area contributed by atoms with E-state index < -0.39 is 0 Å². The van der Waals surface area contributed by atoms with Gasteiger partial charge < -0.3 is 10.2 Å². The molecule has 0 radical (unpaired) electrons. The SMILES string of the molecule is C=C(c1ccc(F)cc1ON)C1CCNCC1. The molecule has 0 aromatic heterocycles. The van der Waals surface area contributed by atoms with Crippen molar-refractivity contribution in [2.24, 2.45) is 11.8 Å². The second-order valence-electron chi connectivity index (χ2n) is 4.31. The summed E-state index contributed by atoms with van der Waals surface area (Å²) >= 11 is 0. The Morgan fingerprint density at radius 2 is 2.12 bits per heavy atom. The Balaban J connectivity index is 2.23. The molecule has 1 heterocycles. The lowest BCUT2D eigenvalue weighted by atomic mass is 9.86. The van der Waals surface area contributed by atoms with Crippen molar-refractivity contribution in [3.8, 4) is 5.75 Å². The summed E-state index contributed by atoms with van der Waals surface area (Å²) in [6, 6.07) is 4.38. The molecule has 3 N–H and O–H groups in total. The van der Waals surface area contributed by atoms with E-state index in [1.54, 1.807) is 6.07 Å². The summed E-state index contributed by atoms with van der Waals surface area (Å²) in [6.45, 7) is 6.08. The molecule has 0 spiro atoms. The van der Waals surface area contributed by atoms with Crippen LogP contribution < -0.4 is 16.1 Å². The number of halogens is 1. The third kappa shape index (κ3) is 2.65. The predicted octanol–water partition coefficient (Wildman–Crippen LogP) is 2.09. The maximum atomic E-state index is 13.1. The predicted molar refractivity (Wildman–Crippen MR) is 65.8 cm³/mol. The van der Waals surface area contributed by atoms with E-state index >= 15 is 0 Å². The maximum Gasteiger partial charge on any atom is 0.157 e. The second kappa shape index (κ2) is 5.29. The highest BCUT2D eigenvalue weighted by molar-refractivity contribution is 5.70. The molecule has 92 valence electrons. The molecule has 4 heteroatoms. The molecule has 3 nitrogen and oxygen atoms in total. The monoisotopic (exact) mass is 236 g/mol. The molecule has 1 aromatic carbocycles. The molecule has 0 aliphatic carbocycles. The number of hydrogen-bond acceptors (Lipinski definition) is 3. The lowest BCUT2D eigenvalue weighted by Gasteiger charge is -2.25. The summed E-state index contributed by atoms with van der Waals surface area (Å²) in [6.07, 6.45) is 2.08. The van der Waals surface area contributed by atoms with Crippen molar-refractivity contribution in [2.75, 3.05) is 13.1 Å². The van der Waals surface area contributed by atoms with Crippen LogP contribution in [-0.4, -0.2) is 13.1 Å². The number of rotatable bonds is 3. The average Bonchev–Trinajstić information content (AvgIpc) is 2.39. The van der Waals surface area contributed by atoms with Crippen molar-refractivity contribution in [3.63, 3.8) is 0 Å². The zero-order valence-electron chi connectivity index (χ0n) is 9.71. The van der Waals surface area contributed by atoms with Crippen LogP contribution in [0.25, 0.3) is 5.57 Å². The summed E-state index contributed by atoms with van der Waals surface area (Å²) in [7, 11) is 0. The van der Waals surface area contributed by atoms with E-state index in [4.69, 9.17) is 10.7 Å². The number of nitrogens with one attached hydrogen (secondary N) is 1. The van der Waals surface area contributed by atoms with Crippen LogP contribution in [0.2, 0.25) is 0 Å². The molecule has 1 aromatic rings. The smallest absolute Gasteiger partial charge is 0.157 e. The van der Waals surface area contributed by atoms with Crippen LogP contribution in [0.3, 0.4) is 0 Å². The first-order valence-electron chi connectivity index (χ1n) is 5.78. The normalized spacial score (nSPS) is 16.8. The van der Waals surface area contributed by atoms with Gasteiger partial charge in [0.15, 0.2) is 5.75 Å². The van der Waals surface area contributed by atoms with Gasteiger partial charge in [-0.1, -0.05) is 6.58 Å². The molecule has 1 aliphatic rings. The van der Waals surface area contributed by atoms with E-state index in [9.17, 15) is 4.39 Å². The molecule has 17 heavy (non-hydrogen) atoms. The molecular formula is C13H17FN2O. The molecule has 0 atom stereocenters. The Kier molecular flexibility index (Phi) is 3.76. The van der Waals surface area contributed by atoms with Gasteiger partial charge in [-0.25, -0.2) is 4.39 Å². The van der Waals surface area contributed by atoms with Crippen LogP contribution in [0.4, 0.5) is 4.39 Å². The Morgan fingerprint density at radius 3 is 2.76 bits per heavy atom. The van der Waals surface area contributed by atoms with Gasteiger partial charge in [0.1, 0.15) is 5.82 Å². The topological polar surface area (TPSA) is 47.3 Å². The highest BCUT2D eigenvalue weighted by atomic mass is 19.1. The van der Waals surface area contributed by atoms with E-state index in [1.165, 1.54) is 12.1 Å². The number of benzene rings is 1. The first kappa shape index (κ1) is 12.1. The van der Waals surface area contributed by atoms with Gasteiger partial charge in [0.2, 0.25) is 0 Å². The summed E-state index contributed by atoms with van der Waals surface area (Å²) in [4.78, 5) is 4.72. The summed E-state index contributed by atoms with van der Waals surface area (Å²) in [5, 5.41) is 3.30. The Bertz CT molecular complexity index is 414. The third-order valence-corrected chi connectivity index (χ3v) is 3.25. The number of hydrogen-bond donors (Lipinski definition) is 2. The third-order valence-electron chi connectivity index (χ3n) is 3.25. The first-order valence-corrected chi connectivity index (χ1v) is 5.78. The number of piperidine rings is 1. The van der Waals surface area contributed by atoms with Crippen molar-refractivity contribution in [3.05, 3.63) is 36.2 Å². The molecular weight excluding hydrogens is 219 g/mol. The zero-order chi connectivity index (χ0) is 12.3. The molecule has 0 unspecified atom stereocenters. The fourth-order valence-electron chi connectivity index (χ4n) is 2.25. The highest BCUT2D eigenvalue weighted by Crippen LogP contribution is 2.33. The van der Waals surface area contributed by atoms with Gasteiger partial charge in [0.25, 0.3) is 0 Å². The van der Waals surface area contributed by atoms with Crippen molar-refractivity contribution in [1.29, 1.82) is 0 Å². The minimum atomic E-state index is -0.354. The summed E-state index contributed by atoms with van der Waals surface area (Å²) < 4.78 is 13.1. The number of nitrogens with two attached hydrogens (primary N) is 1. The first-order chi connectivity index (χ1) is 8.22. The Labute approximate surface area is 100 Å². The molecule has 2 rings (SSSR count). The van der Waals surface area contributed by atoms with Crippen molar-refractivity contribution in [1.82, 2.24) is 5.32 Å².